The van der Waals surface area contributed by atoms with Gasteiger partial charge in [-0.05, 0) is 36.8 Å². The topological polar surface area (TPSA) is 41.6 Å². The minimum Gasteiger partial charge on any atom is -0.294 e. The molecular weight excluding hydrogens is 289 g/mol. The van der Waals surface area contributed by atoms with Gasteiger partial charge in [0, 0.05) is 0 Å². The van der Waals surface area contributed by atoms with Gasteiger partial charge in [0.15, 0.2) is 0 Å². The van der Waals surface area contributed by atoms with Crippen molar-refractivity contribution >= 4 is 22.6 Å². The number of nitrogens with zero attached hydrogens (tertiary/aromatic N) is 3. The van der Waals surface area contributed by atoms with Crippen LogP contribution in [0.25, 0.3) is 16.7 Å². The molecule has 0 atom stereocenters. The van der Waals surface area contributed by atoms with Gasteiger partial charge in [-0.2, -0.15) is 5.26 Å². The lowest BCUT2D eigenvalue weighted by Crippen LogP contribution is -2.02. The Morgan fingerprint density at radius 3 is 2.86 bits per heavy atom. The number of fused-ring (bicyclic) bond motifs is 1. The second kappa shape index (κ2) is 5.19. The highest BCUT2D eigenvalue weighted by atomic mass is 35.5. The molecule has 0 saturated heterocycles. The Hall–Kier alpha value is -2.38. The van der Waals surface area contributed by atoms with Crippen LogP contribution in [0.15, 0.2) is 36.4 Å². The highest BCUT2D eigenvalue weighted by Crippen LogP contribution is 2.27. The van der Waals surface area contributed by atoms with Gasteiger partial charge in [0.05, 0.1) is 28.2 Å². The van der Waals surface area contributed by atoms with Crippen molar-refractivity contribution in [3.8, 4) is 11.8 Å². The zero-order chi connectivity index (χ0) is 15.0. The molecule has 0 aliphatic carbocycles. The number of halogens is 2. The maximum absolute atomic E-state index is 13.3. The van der Waals surface area contributed by atoms with E-state index in [1.165, 1.54) is 12.1 Å². The fraction of sp³-hybridized carbons (Fsp3) is 0.125. The Labute approximate surface area is 126 Å². The van der Waals surface area contributed by atoms with Crippen molar-refractivity contribution in [2.45, 2.75) is 12.8 Å². The molecule has 0 saturated carbocycles. The summed E-state index contributed by atoms with van der Waals surface area (Å²) in [5, 5.41) is 9.25. The van der Waals surface area contributed by atoms with Gasteiger partial charge in [-0.15, -0.1) is 11.6 Å². The molecule has 0 bridgehead atoms. The Balaban J connectivity index is 2.40. The normalized spacial score (nSPS) is 10.8. The molecular formula is C16H11ClFN3. The van der Waals surface area contributed by atoms with Gasteiger partial charge >= 0.3 is 0 Å². The molecule has 0 radical (unpaired) electrons. The van der Waals surface area contributed by atoms with Crippen molar-refractivity contribution in [1.82, 2.24) is 9.55 Å². The van der Waals surface area contributed by atoms with E-state index < -0.39 is 5.82 Å². The van der Waals surface area contributed by atoms with Gasteiger partial charge in [0.2, 0.25) is 0 Å². The van der Waals surface area contributed by atoms with Crippen LogP contribution in [-0.4, -0.2) is 9.55 Å². The second-order valence-corrected chi connectivity index (χ2v) is 4.98. The van der Waals surface area contributed by atoms with E-state index in [0.717, 1.165) is 16.6 Å². The molecule has 0 fully saturated rings. The van der Waals surface area contributed by atoms with Crippen LogP contribution >= 0.6 is 11.6 Å². The number of hydrogen-bond donors (Lipinski definition) is 0. The molecule has 3 aromatic rings. The molecule has 21 heavy (non-hydrogen) atoms. The Morgan fingerprint density at radius 1 is 1.33 bits per heavy atom. The van der Waals surface area contributed by atoms with Crippen molar-refractivity contribution in [3.05, 3.63) is 59.2 Å². The third-order valence-electron chi connectivity index (χ3n) is 3.40. The monoisotopic (exact) mass is 299 g/mol. The van der Waals surface area contributed by atoms with Crippen molar-refractivity contribution in [1.29, 1.82) is 5.26 Å². The molecule has 0 aliphatic rings. The van der Waals surface area contributed by atoms with Gasteiger partial charge in [0.1, 0.15) is 17.7 Å². The third-order valence-corrected chi connectivity index (χ3v) is 3.63. The molecule has 0 amide bonds. The zero-order valence-electron chi connectivity index (χ0n) is 11.3. The fourth-order valence-electron chi connectivity index (χ4n) is 2.44. The quantitative estimate of drug-likeness (QED) is 0.669. The summed E-state index contributed by atoms with van der Waals surface area (Å²) in [6, 6.07) is 11.9. The van der Waals surface area contributed by atoms with Gasteiger partial charge in [-0.25, -0.2) is 9.37 Å². The van der Waals surface area contributed by atoms with Crippen LogP contribution in [0.1, 0.15) is 17.0 Å². The number of nitriles is 1. The van der Waals surface area contributed by atoms with Crippen LogP contribution in [0.4, 0.5) is 4.39 Å². The summed E-state index contributed by atoms with van der Waals surface area (Å²) in [6.07, 6.45) is 0. The number of benzene rings is 2. The number of para-hydroxylation sites is 1. The number of alkyl halides is 1. The fourth-order valence-corrected chi connectivity index (χ4v) is 2.62. The van der Waals surface area contributed by atoms with E-state index in [9.17, 15) is 9.65 Å². The third kappa shape index (κ3) is 2.16. The summed E-state index contributed by atoms with van der Waals surface area (Å²) < 4.78 is 15.1. The smallest absolute Gasteiger partial charge is 0.129 e. The maximum atomic E-state index is 13.3. The van der Waals surface area contributed by atoms with Gasteiger partial charge in [-0.1, -0.05) is 12.1 Å². The summed E-state index contributed by atoms with van der Waals surface area (Å²) in [4.78, 5) is 4.53. The molecule has 1 aromatic heterocycles. The molecule has 3 nitrogen and oxygen atoms in total. The van der Waals surface area contributed by atoms with Crippen LogP contribution in [0.2, 0.25) is 0 Å². The van der Waals surface area contributed by atoms with Crippen LogP contribution < -0.4 is 0 Å². The molecule has 2 aromatic carbocycles. The Morgan fingerprint density at radius 2 is 2.14 bits per heavy atom. The van der Waals surface area contributed by atoms with Gasteiger partial charge in [0.25, 0.3) is 0 Å². The maximum Gasteiger partial charge on any atom is 0.129 e. The number of imidazole rings is 1. The van der Waals surface area contributed by atoms with E-state index in [1.54, 1.807) is 6.07 Å². The summed E-state index contributed by atoms with van der Waals surface area (Å²) in [5.41, 5.74) is 3.55. The summed E-state index contributed by atoms with van der Waals surface area (Å²) in [5.74, 6) is 0.392. The molecule has 5 heteroatoms. The zero-order valence-corrected chi connectivity index (χ0v) is 12.0. The largest absolute Gasteiger partial charge is 0.294 e. The van der Waals surface area contributed by atoms with Crippen LogP contribution in [0.3, 0.4) is 0 Å². The first-order valence-corrected chi connectivity index (χ1v) is 6.92. The van der Waals surface area contributed by atoms with Crippen molar-refractivity contribution in [3.63, 3.8) is 0 Å². The molecule has 3 rings (SSSR count). The van der Waals surface area contributed by atoms with Crippen LogP contribution in [0, 0.1) is 24.1 Å². The molecule has 0 aliphatic heterocycles. The van der Waals surface area contributed by atoms with Gasteiger partial charge < -0.3 is 0 Å². The van der Waals surface area contributed by atoms with Crippen molar-refractivity contribution in [2.75, 3.05) is 0 Å². The lowest BCUT2D eigenvalue weighted by Gasteiger charge is -2.10. The Bertz CT molecular complexity index is 877. The molecule has 0 spiro atoms. The molecule has 0 unspecified atom stereocenters. The first-order valence-electron chi connectivity index (χ1n) is 6.38. The standard InChI is InChI=1S/C16H11ClFN3/c1-10-3-2-4-14-16(10)20-15(8-17)21(14)13-6-5-12(18)7-11(13)9-19/h2-7H,8H2,1H3. The average molecular weight is 300 g/mol. The molecule has 1 heterocycles. The molecule has 0 N–H and O–H groups in total. The first kappa shape index (κ1) is 13.6. The highest BCUT2D eigenvalue weighted by molar-refractivity contribution is 6.17. The lowest BCUT2D eigenvalue weighted by molar-refractivity contribution is 0.627. The van der Waals surface area contributed by atoms with Crippen LogP contribution in [-0.2, 0) is 5.88 Å². The van der Waals surface area contributed by atoms with E-state index >= 15 is 0 Å². The van der Waals surface area contributed by atoms with Crippen molar-refractivity contribution in [2.24, 2.45) is 0 Å². The predicted octanol–water partition coefficient (Wildman–Crippen LogP) is 4.08. The van der Waals surface area contributed by atoms with Gasteiger partial charge in [-0.3, -0.25) is 4.57 Å². The van der Waals surface area contributed by atoms with Crippen molar-refractivity contribution < 1.29 is 4.39 Å². The number of aromatic nitrogens is 2. The second-order valence-electron chi connectivity index (χ2n) is 4.71. The SMILES string of the molecule is Cc1cccc2c1nc(CCl)n2-c1ccc(F)cc1C#N. The summed E-state index contributed by atoms with van der Waals surface area (Å²) in [6.45, 7) is 1.97. The van der Waals surface area contributed by atoms with E-state index in [0.29, 0.717) is 11.5 Å². The first-order chi connectivity index (χ1) is 10.2. The van der Waals surface area contributed by atoms with Crippen LogP contribution in [0.5, 0.6) is 0 Å². The number of hydrogen-bond acceptors (Lipinski definition) is 2. The van der Waals surface area contributed by atoms with E-state index in [1.807, 2.05) is 35.8 Å². The minimum atomic E-state index is -0.441. The van der Waals surface area contributed by atoms with E-state index in [4.69, 9.17) is 11.6 Å². The lowest BCUT2D eigenvalue weighted by atomic mass is 10.1. The predicted molar refractivity (Wildman–Crippen MR) is 80.0 cm³/mol. The Kier molecular flexibility index (Phi) is 3.36. The highest BCUT2D eigenvalue weighted by Gasteiger charge is 2.16. The van der Waals surface area contributed by atoms with E-state index in [-0.39, 0.29) is 11.4 Å². The summed E-state index contributed by atoms with van der Waals surface area (Å²) in [7, 11) is 0. The summed E-state index contributed by atoms with van der Waals surface area (Å²) >= 11 is 5.99. The van der Waals surface area contributed by atoms with E-state index in [2.05, 4.69) is 4.98 Å². The number of aryl methyl sites for hydroxylation is 1. The molecule has 104 valence electrons. The average Bonchev–Trinajstić information content (AvgIpc) is 2.87. The minimum absolute atomic E-state index is 0.205. The number of rotatable bonds is 2.